The lowest BCUT2D eigenvalue weighted by Gasteiger charge is -2.46. The van der Waals surface area contributed by atoms with Crippen LogP contribution in [0.1, 0.15) is 69.9 Å². The van der Waals surface area contributed by atoms with Crippen molar-refractivity contribution in [1.29, 1.82) is 0 Å². The average molecular weight is 781 g/mol. The Morgan fingerprint density at radius 1 is 1.07 bits per heavy atom. The summed E-state index contributed by atoms with van der Waals surface area (Å²) < 4.78 is 57.3. The monoisotopic (exact) mass is 780 g/mol. The van der Waals surface area contributed by atoms with Crippen LogP contribution < -0.4 is 5.32 Å². The molecule has 2 aliphatic heterocycles. The fourth-order valence-electron chi connectivity index (χ4n) is 7.82. The molecule has 0 aromatic heterocycles. The number of amides is 2. The molecule has 1 aliphatic carbocycles. The van der Waals surface area contributed by atoms with Crippen molar-refractivity contribution in [3.8, 4) is 0 Å². The van der Waals surface area contributed by atoms with E-state index >= 15 is 4.39 Å². The first-order valence-electron chi connectivity index (χ1n) is 18.3. The smallest absolute Gasteiger partial charge is 0.410 e. The highest BCUT2D eigenvalue weighted by atomic mass is 35.5. The van der Waals surface area contributed by atoms with Gasteiger partial charge < -0.3 is 19.7 Å². The lowest BCUT2D eigenvalue weighted by Crippen LogP contribution is -2.63. The van der Waals surface area contributed by atoms with Gasteiger partial charge >= 0.3 is 6.09 Å². The number of carbonyl (C=O) groups excluding carboxylic acids is 2. The Balaban J connectivity index is 1.30. The number of rotatable bonds is 11. The Morgan fingerprint density at radius 2 is 1.76 bits per heavy atom. The molecular weight excluding hydrogens is 735 g/mol. The molecule has 3 fully saturated rings. The van der Waals surface area contributed by atoms with Crippen molar-refractivity contribution in [1.82, 2.24) is 9.21 Å². The standard InChI is InChI=1S/C39H46ClFN6O6S/c1-38(2,3)53-37(49)46-24-29(47(39(25-46)20-21-39)54(50,51)30-8-5-4-6-9-30)16-17-31-32(41)10-7-11-33(31)43-36(48)35(44-45-42)34(27-18-22-52-23-19-27)26-12-14-28(40)15-13-26/h4-15,27,29,34-35H,16-25H2,1-3H3,(H,43,48)/t29?,34-,35-/m0/s1. The first-order chi connectivity index (χ1) is 25.7. The number of nitrogens with zero attached hydrogens (tertiary/aromatic N) is 5. The van der Waals surface area contributed by atoms with Crippen molar-refractivity contribution in [2.75, 3.05) is 31.6 Å². The van der Waals surface area contributed by atoms with E-state index in [1.54, 1.807) is 74.2 Å². The topological polar surface area (TPSA) is 154 Å². The van der Waals surface area contributed by atoms with Gasteiger partial charge in [0, 0.05) is 59.4 Å². The Kier molecular flexibility index (Phi) is 11.9. The molecule has 1 N–H and O–H groups in total. The zero-order valence-corrected chi connectivity index (χ0v) is 32.2. The first kappa shape index (κ1) is 39.5. The first-order valence-corrected chi connectivity index (χ1v) is 20.1. The number of sulfonamides is 1. The average Bonchev–Trinajstić information content (AvgIpc) is 3.90. The molecule has 288 valence electrons. The molecule has 2 amide bonds. The van der Waals surface area contributed by atoms with Crippen molar-refractivity contribution in [3.05, 3.63) is 105 Å². The minimum atomic E-state index is -4.02. The van der Waals surface area contributed by atoms with Crippen molar-refractivity contribution in [2.45, 2.75) is 93.3 Å². The third-order valence-corrected chi connectivity index (χ3v) is 12.7. The van der Waals surface area contributed by atoms with Crippen LogP contribution in [0.4, 0.5) is 14.9 Å². The van der Waals surface area contributed by atoms with E-state index in [1.807, 2.05) is 12.1 Å². The molecule has 3 aromatic rings. The van der Waals surface area contributed by atoms with Gasteiger partial charge in [0.1, 0.15) is 17.5 Å². The molecule has 2 saturated heterocycles. The molecular formula is C39H46ClFN6O6S. The third kappa shape index (κ3) is 8.84. The van der Waals surface area contributed by atoms with Crippen LogP contribution in [0.5, 0.6) is 0 Å². The zero-order chi connectivity index (χ0) is 38.7. The number of carbonyl (C=O) groups is 2. The Labute approximate surface area is 320 Å². The van der Waals surface area contributed by atoms with Crippen LogP contribution in [0.2, 0.25) is 5.02 Å². The lowest BCUT2D eigenvalue weighted by molar-refractivity contribution is -0.118. The Bertz CT molecular complexity index is 1980. The maximum Gasteiger partial charge on any atom is 0.410 e. The van der Waals surface area contributed by atoms with Gasteiger partial charge in [-0.15, -0.1) is 0 Å². The molecule has 15 heteroatoms. The van der Waals surface area contributed by atoms with E-state index in [2.05, 4.69) is 15.3 Å². The molecule has 12 nitrogen and oxygen atoms in total. The van der Waals surface area contributed by atoms with Gasteiger partial charge in [-0.05, 0) is 113 Å². The highest BCUT2D eigenvalue weighted by molar-refractivity contribution is 7.89. The molecule has 2 heterocycles. The van der Waals surface area contributed by atoms with E-state index in [1.165, 1.54) is 16.4 Å². The van der Waals surface area contributed by atoms with Gasteiger partial charge in [-0.2, -0.15) is 4.31 Å². The number of anilines is 1. The van der Waals surface area contributed by atoms with Gasteiger partial charge in [-0.1, -0.05) is 53.1 Å². The predicted octanol–water partition coefficient (Wildman–Crippen LogP) is 8.08. The maximum absolute atomic E-state index is 15.8. The SMILES string of the molecule is CC(C)(C)OC(=O)N1CC(CCc2c(F)cccc2NC(=O)[C@@H](N=[N+]=[N-])[C@@H](c2ccc(Cl)cc2)C2CCOCC2)N(S(=O)(=O)c2ccccc2)C2(CC2)C1. The van der Waals surface area contributed by atoms with E-state index in [0.717, 1.165) is 5.56 Å². The second kappa shape index (κ2) is 16.3. The molecule has 3 aromatic carbocycles. The molecule has 3 aliphatic rings. The van der Waals surface area contributed by atoms with Crippen molar-refractivity contribution in [2.24, 2.45) is 11.0 Å². The summed E-state index contributed by atoms with van der Waals surface area (Å²) in [4.78, 5) is 32.3. The summed E-state index contributed by atoms with van der Waals surface area (Å²) in [6, 6.07) is 17.6. The largest absolute Gasteiger partial charge is 0.444 e. The number of azide groups is 1. The van der Waals surface area contributed by atoms with Crippen LogP contribution in [0.15, 0.2) is 82.8 Å². The van der Waals surface area contributed by atoms with Crippen LogP contribution in [0.3, 0.4) is 0 Å². The van der Waals surface area contributed by atoms with Crippen LogP contribution >= 0.6 is 11.6 Å². The van der Waals surface area contributed by atoms with E-state index in [-0.39, 0.29) is 48.0 Å². The van der Waals surface area contributed by atoms with Crippen molar-refractivity contribution in [3.63, 3.8) is 0 Å². The normalized spacial score (nSPS) is 20.1. The number of halogens is 2. The Hall–Kier alpha value is -4.20. The molecule has 1 spiro atoms. The second-order valence-electron chi connectivity index (χ2n) is 15.3. The van der Waals surface area contributed by atoms with Gasteiger partial charge in [-0.3, -0.25) is 4.79 Å². The second-order valence-corrected chi connectivity index (χ2v) is 17.6. The third-order valence-electron chi connectivity index (χ3n) is 10.4. The summed E-state index contributed by atoms with van der Waals surface area (Å²) in [5, 5.41) is 7.36. The van der Waals surface area contributed by atoms with E-state index in [9.17, 15) is 23.5 Å². The quantitative estimate of drug-likeness (QED) is 0.118. The van der Waals surface area contributed by atoms with Crippen molar-refractivity contribution >= 4 is 39.3 Å². The summed E-state index contributed by atoms with van der Waals surface area (Å²) in [6.07, 6.45) is 2.02. The maximum atomic E-state index is 15.8. The molecule has 0 bridgehead atoms. The lowest BCUT2D eigenvalue weighted by atomic mass is 9.76. The number of benzene rings is 3. The van der Waals surface area contributed by atoms with Crippen LogP contribution in [0.25, 0.3) is 10.4 Å². The van der Waals surface area contributed by atoms with Crippen LogP contribution in [-0.4, -0.2) is 79.2 Å². The highest BCUT2D eigenvalue weighted by Crippen LogP contribution is 2.50. The molecule has 1 unspecified atom stereocenters. The number of ether oxygens (including phenoxy) is 2. The minimum Gasteiger partial charge on any atom is -0.444 e. The van der Waals surface area contributed by atoms with Gasteiger partial charge in [0.15, 0.2) is 0 Å². The molecule has 54 heavy (non-hydrogen) atoms. The van der Waals surface area contributed by atoms with Gasteiger partial charge in [0.25, 0.3) is 0 Å². The molecule has 0 radical (unpaired) electrons. The minimum absolute atomic E-state index is 0.0266. The van der Waals surface area contributed by atoms with Crippen LogP contribution in [0, 0.1) is 11.7 Å². The summed E-state index contributed by atoms with van der Waals surface area (Å²) in [5.41, 5.74) is 9.17. The fourth-order valence-corrected chi connectivity index (χ4v) is 9.99. The van der Waals surface area contributed by atoms with E-state index < -0.39 is 57.0 Å². The zero-order valence-electron chi connectivity index (χ0n) is 30.7. The number of hydrogen-bond donors (Lipinski definition) is 1. The number of hydrogen-bond acceptors (Lipinski definition) is 7. The van der Waals surface area contributed by atoms with Gasteiger partial charge in [0.05, 0.1) is 10.4 Å². The molecule has 1 saturated carbocycles. The fraction of sp³-hybridized carbons (Fsp3) is 0.487. The van der Waals surface area contributed by atoms with Crippen molar-refractivity contribution < 1.29 is 31.9 Å². The van der Waals surface area contributed by atoms with E-state index in [0.29, 0.717) is 43.9 Å². The summed E-state index contributed by atoms with van der Waals surface area (Å²) >= 11 is 6.18. The van der Waals surface area contributed by atoms with Gasteiger partial charge in [-0.25, -0.2) is 17.6 Å². The highest BCUT2D eigenvalue weighted by Gasteiger charge is 2.60. The summed E-state index contributed by atoms with van der Waals surface area (Å²) in [7, 11) is -4.02. The molecule has 3 atom stereocenters. The summed E-state index contributed by atoms with van der Waals surface area (Å²) in [6.45, 7) is 6.52. The predicted molar refractivity (Wildman–Crippen MR) is 203 cm³/mol. The van der Waals surface area contributed by atoms with Gasteiger partial charge in [0.2, 0.25) is 15.9 Å². The number of nitrogens with one attached hydrogen (secondary N) is 1. The van der Waals surface area contributed by atoms with Crippen LogP contribution in [-0.2, 0) is 30.7 Å². The van der Waals surface area contributed by atoms with E-state index in [4.69, 9.17) is 21.1 Å². The number of piperazine rings is 1. The Morgan fingerprint density at radius 3 is 2.39 bits per heavy atom. The summed E-state index contributed by atoms with van der Waals surface area (Å²) in [5.74, 6) is -1.75. The molecule has 6 rings (SSSR count).